The van der Waals surface area contributed by atoms with E-state index in [1.165, 1.54) is 200 Å². The Labute approximate surface area is 629 Å². The first kappa shape index (κ1) is 73.8. The van der Waals surface area contributed by atoms with Crippen LogP contribution in [0, 0.1) is 69.2 Å². The Morgan fingerprint density at radius 3 is 0.762 bits per heavy atom. The lowest BCUT2D eigenvalue weighted by Gasteiger charge is -2.34. The fourth-order valence-corrected chi connectivity index (χ4v) is 17.9. The second-order valence-corrected chi connectivity index (χ2v) is 30.2. The van der Waals surface area contributed by atoms with Gasteiger partial charge in [0.2, 0.25) is 0 Å². The topological polar surface area (TPSA) is 0 Å². The third-order valence-corrected chi connectivity index (χ3v) is 22.6. The minimum absolute atomic E-state index is 0. The van der Waals surface area contributed by atoms with Gasteiger partial charge >= 0.3 is 0 Å². The monoisotopic (exact) mass is 1360 g/mol. The van der Waals surface area contributed by atoms with Crippen molar-refractivity contribution >= 4 is 0 Å². The first-order chi connectivity index (χ1) is 48.9. The molecule has 20 rings (SSSR count). The van der Waals surface area contributed by atoms with Gasteiger partial charge in [0.15, 0.2) is 0 Å². The number of fused-ring (bicyclic) bond motifs is 22. The van der Waals surface area contributed by atoms with Crippen molar-refractivity contribution in [3.05, 3.63) is 425 Å². The van der Waals surface area contributed by atoms with E-state index in [9.17, 15) is 0 Å². The maximum Gasteiger partial charge on any atom is 0.0725 e. The number of hydrogen-bond donors (Lipinski definition) is 0. The Bertz CT molecular complexity index is 5160. The molecule has 524 valence electrons. The largest absolute Gasteiger partial charge is 0.0776 e. The lowest BCUT2D eigenvalue weighted by atomic mass is 9.67. The molecule has 6 aliphatic rings. The summed E-state index contributed by atoms with van der Waals surface area (Å²) in [5.74, 6) is 0. The molecule has 14 aromatic carbocycles. The molecule has 0 aromatic heterocycles. The zero-order valence-electron chi connectivity index (χ0n) is 60.6. The van der Waals surface area contributed by atoms with Crippen molar-refractivity contribution in [2.75, 3.05) is 0 Å². The molecule has 105 heavy (non-hydrogen) atoms. The summed E-state index contributed by atoms with van der Waals surface area (Å²) in [6.45, 7) is 26.4. The average Bonchev–Trinajstić information content (AvgIpc) is 1.51. The molecular formula is C105H104. The van der Waals surface area contributed by atoms with Crippen molar-refractivity contribution in [3.8, 4) is 66.8 Å². The normalized spacial score (nSPS) is 13.4. The van der Waals surface area contributed by atoms with Crippen molar-refractivity contribution in [2.24, 2.45) is 0 Å². The smallest absolute Gasteiger partial charge is 0.0725 e. The third kappa shape index (κ3) is 12.4. The minimum atomic E-state index is -0.273. The summed E-state index contributed by atoms with van der Waals surface area (Å²) in [4.78, 5) is 0. The molecule has 0 amide bonds. The molecule has 0 heterocycles. The zero-order chi connectivity index (χ0) is 69.6. The molecule has 0 nitrogen and oxygen atoms in total. The van der Waals surface area contributed by atoms with Crippen LogP contribution in [0.2, 0.25) is 0 Å². The van der Waals surface area contributed by atoms with Gasteiger partial charge in [-0.2, -0.15) is 0 Å². The number of aryl methyl sites for hydroxylation is 10. The van der Waals surface area contributed by atoms with E-state index in [0.717, 1.165) is 12.8 Å². The number of rotatable bonds is 2. The van der Waals surface area contributed by atoms with Crippen molar-refractivity contribution in [1.29, 1.82) is 0 Å². The Morgan fingerprint density at radius 1 is 0.181 bits per heavy atom. The Balaban J connectivity index is 0.000000125. The standard InChI is InChI=1S/C27H20.C27H22.C17H18.2C15H14.4CH4/c1-17-11-13-21-22-14-12-18(2)16-26(22)27(25(21)15-17)23-9-5-3-7-19(23)20-8-4-6-10-24(20)27;1-19-13-15-23-24-16-14-20(2)18-26(24)27(25(23)17-19,21-9-5-3-6-10-21)22-11-7-4-8-12-22;1-11-5-7-13-14-8-6-12(2)10-16(14)17(3,4)15(13)9-11;1-10-3-5-14-12(7-10)9-13-8-11(2)4-6-15(13)14;1-10-3-5-12-9-13-6-4-11(2)8-15(13)14(12)7-10;;;;/h3-16H,1-2H3;3-18H,1-2H3;5-10H,1-4H3;2*3-8H,9H2,1-2H3;4*1H4. The molecule has 0 saturated heterocycles. The van der Waals surface area contributed by atoms with E-state index in [1.54, 1.807) is 0 Å². The summed E-state index contributed by atoms with van der Waals surface area (Å²) in [6, 6.07) is 108. The molecule has 0 N–H and O–H groups in total. The van der Waals surface area contributed by atoms with Gasteiger partial charge in [-0.3, -0.25) is 0 Å². The molecular weight excluding hydrogens is 1260 g/mol. The average molecular weight is 1370 g/mol. The first-order valence-corrected chi connectivity index (χ1v) is 36.3. The van der Waals surface area contributed by atoms with Gasteiger partial charge in [0.05, 0.1) is 10.8 Å². The van der Waals surface area contributed by atoms with Crippen LogP contribution < -0.4 is 0 Å². The van der Waals surface area contributed by atoms with Gasteiger partial charge in [-0.25, -0.2) is 0 Å². The van der Waals surface area contributed by atoms with E-state index >= 15 is 0 Å². The molecule has 0 bridgehead atoms. The van der Waals surface area contributed by atoms with Crippen LogP contribution in [0.5, 0.6) is 0 Å². The van der Waals surface area contributed by atoms with Crippen LogP contribution in [0.4, 0.5) is 0 Å². The van der Waals surface area contributed by atoms with Crippen LogP contribution in [0.3, 0.4) is 0 Å². The molecule has 0 fully saturated rings. The van der Waals surface area contributed by atoms with Crippen LogP contribution in [-0.2, 0) is 29.1 Å². The Morgan fingerprint density at radius 2 is 0.419 bits per heavy atom. The van der Waals surface area contributed by atoms with Crippen molar-refractivity contribution in [3.63, 3.8) is 0 Å². The highest BCUT2D eigenvalue weighted by molar-refractivity contribution is 5.95. The van der Waals surface area contributed by atoms with Gasteiger partial charge < -0.3 is 0 Å². The minimum Gasteiger partial charge on any atom is -0.0776 e. The lowest BCUT2D eigenvalue weighted by molar-refractivity contribution is 0.659. The maximum atomic E-state index is 2.41. The van der Waals surface area contributed by atoms with Crippen molar-refractivity contribution in [1.82, 2.24) is 0 Å². The van der Waals surface area contributed by atoms with E-state index in [2.05, 4.69) is 374 Å². The molecule has 14 aromatic rings. The summed E-state index contributed by atoms with van der Waals surface area (Å²) in [7, 11) is 0. The quantitative estimate of drug-likeness (QED) is 0.162. The van der Waals surface area contributed by atoms with Crippen LogP contribution in [0.15, 0.2) is 291 Å². The molecule has 6 aliphatic carbocycles. The molecule has 0 radical (unpaired) electrons. The fourth-order valence-electron chi connectivity index (χ4n) is 17.9. The van der Waals surface area contributed by atoms with Crippen LogP contribution >= 0.6 is 0 Å². The Kier molecular flexibility index (Phi) is 20.4. The first-order valence-electron chi connectivity index (χ1n) is 36.3. The van der Waals surface area contributed by atoms with Gasteiger partial charge in [0.25, 0.3) is 0 Å². The van der Waals surface area contributed by atoms with E-state index in [-0.39, 0.29) is 46.0 Å². The van der Waals surface area contributed by atoms with Gasteiger partial charge in [-0.15, -0.1) is 0 Å². The fraction of sp³-hybridized carbons (Fsp3) is 0.200. The summed E-state index contributed by atoms with van der Waals surface area (Å²) in [5, 5.41) is 0. The number of hydrogen-bond acceptors (Lipinski definition) is 0. The van der Waals surface area contributed by atoms with Gasteiger partial charge in [-0.05, 0) is 227 Å². The van der Waals surface area contributed by atoms with Gasteiger partial charge in [0, 0.05) is 5.41 Å². The summed E-state index contributed by atoms with van der Waals surface area (Å²) >= 11 is 0. The van der Waals surface area contributed by atoms with E-state index in [4.69, 9.17) is 0 Å². The van der Waals surface area contributed by atoms with Gasteiger partial charge in [0.1, 0.15) is 0 Å². The van der Waals surface area contributed by atoms with Crippen molar-refractivity contribution < 1.29 is 0 Å². The molecule has 0 atom stereocenters. The zero-order valence-corrected chi connectivity index (χ0v) is 60.6. The second kappa shape index (κ2) is 29.0. The maximum absolute atomic E-state index is 2.41. The highest BCUT2D eigenvalue weighted by Crippen LogP contribution is 2.63. The lowest BCUT2D eigenvalue weighted by Crippen LogP contribution is -2.28. The number of benzene rings is 14. The van der Waals surface area contributed by atoms with Gasteiger partial charge in [-0.1, -0.05) is 390 Å². The van der Waals surface area contributed by atoms with Crippen molar-refractivity contribution in [2.45, 2.75) is 142 Å². The molecule has 0 heteroatoms. The van der Waals surface area contributed by atoms with E-state index in [1.807, 2.05) is 0 Å². The predicted octanol–water partition coefficient (Wildman–Crippen LogP) is 28.2. The van der Waals surface area contributed by atoms with E-state index < -0.39 is 0 Å². The molecule has 0 aliphatic heterocycles. The highest BCUT2D eigenvalue weighted by Gasteiger charge is 2.52. The van der Waals surface area contributed by atoms with Crippen LogP contribution in [0.1, 0.15) is 177 Å². The molecule has 0 saturated carbocycles. The Hall–Kier alpha value is -10.9. The summed E-state index contributed by atoms with van der Waals surface area (Å²) < 4.78 is 0. The second-order valence-electron chi connectivity index (χ2n) is 30.2. The third-order valence-electron chi connectivity index (χ3n) is 22.6. The molecule has 1 spiro atoms. The van der Waals surface area contributed by atoms with Crippen LogP contribution in [0.25, 0.3) is 66.8 Å². The highest BCUT2D eigenvalue weighted by atomic mass is 14.5. The van der Waals surface area contributed by atoms with E-state index in [0.29, 0.717) is 0 Å². The predicted molar refractivity (Wildman–Crippen MR) is 454 cm³/mol. The summed E-state index contributed by atoms with van der Waals surface area (Å²) in [6.07, 6.45) is 2.21. The molecule has 0 unspecified atom stereocenters. The SMILES string of the molecule is C.C.C.C.Cc1ccc2c(c1)-c1cc(C)ccc1C2.Cc1ccc2c(c1)C(C)(C)c1cc(C)ccc1-2.Cc1ccc2c(c1)C(c1ccccc1)(c1ccccc1)c1cc(C)ccc1-2.Cc1ccc2c(c1)C1(c3ccccc3-c3ccccc31)c1cc(C)ccc1-2.Cc1ccc2c(c1)Cc1cc(C)ccc1-2. The van der Waals surface area contributed by atoms with Crippen LogP contribution in [-0.4, -0.2) is 0 Å². The summed E-state index contributed by atoms with van der Waals surface area (Å²) in [5.41, 5.74) is 49.8.